The Bertz CT molecular complexity index is 1010. The van der Waals surface area contributed by atoms with Crippen LogP contribution in [0.15, 0.2) is 24.3 Å². The Morgan fingerprint density at radius 3 is 2.70 bits per heavy atom. The van der Waals surface area contributed by atoms with Crippen LogP contribution in [0.2, 0.25) is 0 Å². The fourth-order valence-corrected chi connectivity index (χ4v) is 4.92. The van der Waals surface area contributed by atoms with Crippen LogP contribution in [0.5, 0.6) is 5.75 Å². The van der Waals surface area contributed by atoms with E-state index in [0.29, 0.717) is 38.3 Å². The van der Waals surface area contributed by atoms with Crippen LogP contribution in [0.4, 0.5) is 0 Å². The number of carbonyl (C=O) groups is 3. The highest BCUT2D eigenvalue weighted by Gasteiger charge is 2.30. The summed E-state index contributed by atoms with van der Waals surface area (Å²) in [6.07, 6.45) is 4.01. The lowest BCUT2D eigenvalue weighted by atomic mass is 9.84. The summed E-state index contributed by atoms with van der Waals surface area (Å²) >= 11 is 0. The number of benzene rings is 1. The number of methoxy groups -OCH3 is 1. The van der Waals surface area contributed by atoms with E-state index in [-0.39, 0.29) is 29.6 Å². The zero-order valence-electron chi connectivity index (χ0n) is 19.6. The maximum atomic E-state index is 13.0. The maximum absolute atomic E-state index is 13.0. The second-order valence-corrected chi connectivity index (χ2v) is 9.18. The molecule has 2 aliphatic rings. The zero-order valence-corrected chi connectivity index (χ0v) is 19.6. The number of aromatic nitrogens is 1. The number of rotatable bonds is 8. The highest BCUT2D eigenvalue weighted by molar-refractivity contribution is 5.98. The molecule has 3 amide bonds. The van der Waals surface area contributed by atoms with Crippen molar-refractivity contribution in [3.8, 4) is 5.75 Å². The average molecular weight is 455 g/mol. The van der Waals surface area contributed by atoms with Gasteiger partial charge in [0.2, 0.25) is 11.8 Å². The lowest BCUT2D eigenvalue weighted by molar-refractivity contribution is -0.127. The van der Waals surface area contributed by atoms with E-state index in [0.717, 1.165) is 48.9 Å². The number of aromatic amines is 1. The SMILES string of the molecule is COc1ccc2cc(C(=O)N3CCC([C@H](C)C(=O)NCCCN4CCCC4=O)CC3)[nH]c2c1. The van der Waals surface area contributed by atoms with Crippen molar-refractivity contribution >= 4 is 28.6 Å². The van der Waals surface area contributed by atoms with E-state index >= 15 is 0 Å². The van der Waals surface area contributed by atoms with E-state index in [2.05, 4.69) is 10.3 Å². The predicted molar refractivity (Wildman–Crippen MR) is 126 cm³/mol. The monoisotopic (exact) mass is 454 g/mol. The molecule has 1 atom stereocenters. The molecule has 0 unspecified atom stereocenters. The van der Waals surface area contributed by atoms with Gasteiger partial charge in [0, 0.05) is 62.0 Å². The van der Waals surface area contributed by atoms with Crippen LogP contribution in [-0.4, -0.2) is 72.3 Å². The Hall–Kier alpha value is -3.03. The molecule has 2 saturated heterocycles. The second kappa shape index (κ2) is 10.3. The van der Waals surface area contributed by atoms with Crippen LogP contribution in [0.25, 0.3) is 10.9 Å². The fourth-order valence-electron chi connectivity index (χ4n) is 4.92. The Balaban J connectivity index is 1.22. The van der Waals surface area contributed by atoms with Gasteiger partial charge in [0.1, 0.15) is 11.4 Å². The van der Waals surface area contributed by atoms with Crippen molar-refractivity contribution in [2.75, 3.05) is 39.8 Å². The third kappa shape index (κ3) is 5.31. The number of fused-ring (bicyclic) bond motifs is 1. The van der Waals surface area contributed by atoms with Gasteiger partial charge in [-0.2, -0.15) is 0 Å². The maximum Gasteiger partial charge on any atom is 0.270 e. The van der Waals surface area contributed by atoms with Crippen molar-refractivity contribution in [1.29, 1.82) is 0 Å². The summed E-state index contributed by atoms with van der Waals surface area (Å²) in [4.78, 5) is 44.2. The van der Waals surface area contributed by atoms with E-state index in [9.17, 15) is 14.4 Å². The molecule has 0 saturated carbocycles. The molecular weight excluding hydrogens is 420 g/mol. The highest BCUT2D eigenvalue weighted by atomic mass is 16.5. The highest BCUT2D eigenvalue weighted by Crippen LogP contribution is 2.27. The third-order valence-corrected chi connectivity index (χ3v) is 7.08. The number of piperidine rings is 1. The van der Waals surface area contributed by atoms with Gasteiger partial charge in [-0.1, -0.05) is 6.92 Å². The lowest BCUT2D eigenvalue weighted by Gasteiger charge is -2.34. The summed E-state index contributed by atoms with van der Waals surface area (Å²) in [6.45, 7) is 5.43. The van der Waals surface area contributed by atoms with Crippen molar-refractivity contribution in [2.45, 2.75) is 39.0 Å². The largest absolute Gasteiger partial charge is 0.497 e. The number of carbonyl (C=O) groups excluding carboxylic acids is 3. The molecule has 2 aromatic rings. The summed E-state index contributed by atoms with van der Waals surface area (Å²) < 4.78 is 5.26. The first-order chi connectivity index (χ1) is 16.0. The van der Waals surface area contributed by atoms with Crippen molar-refractivity contribution in [3.63, 3.8) is 0 Å². The number of nitrogens with zero attached hydrogens (tertiary/aromatic N) is 2. The van der Waals surface area contributed by atoms with Crippen molar-refractivity contribution in [2.24, 2.45) is 11.8 Å². The zero-order chi connectivity index (χ0) is 23.4. The van der Waals surface area contributed by atoms with E-state index in [1.165, 1.54) is 0 Å². The summed E-state index contributed by atoms with van der Waals surface area (Å²) in [7, 11) is 1.62. The Labute approximate surface area is 194 Å². The van der Waals surface area contributed by atoms with Crippen molar-refractivity contribution < 1.29 is 19.1 Å². The van der Waals surface area contributed by atoms with Crippen LogP contribution >= 0.6 is 0 Å². The minimum atomic E-state index is -0.0868. The molecule has 8 heteroatoms. The molecular formula is C25H34N4O4. The summed E-state index contributed by atoms with van der Waals surface area (Å²) in [5.74, 6) is 1.22. The number of hydrogen-bond acceptors (Lipinski definition) is 4. The molecule has 33 heavy (non-hydrogen) atoms. The van der Waals surface area contributed by atoms with Gasteiger partial charge in [-0.3, -0.25) is 14.4 Å². The van der Waals surface area contributed by atoms with Gasteiger partial charge in [0.15, 0.2) is 0 Å². The topological polar surface area (TPSA) is 94.7 Å². The fraction of sp³-hybridized carbons (Fsp3) is 0.560. The van der Waals surface area contributed by atoms with Gasteiger partial charge in [0.05, 0.1) is 7.11 Å². The number of H-pyrrole nitrogens is 1. The Morgan fingerprint density at radius 1 is 1.21 bits per heavy atom. The molecule has 8 nitrogen and oxygen atoms in total. The van der Waals surface area contributed by atoms with Crippen LogP contribution < -0.4 is 10.1 Å². The van der Waals surface area contributed by atoms with Gasteiger partial charge in [-0.15, -0.1) is 0 Å². The van der Waals surface area contributed by atoms with Crippen LogP contribution in [0.1, 0.15) is 49.5 Å². The number of amides is 3. The molecule has 3 heterocycles. The summed E-state index contributed by atoms with van der Waals surface area (Å²) in [6, 6.07) is 7.60. The molecule has 1 aromatic carbocycles. The number of likely N-dealkylation sites (tertiary alicyclic amines) is 2. The smallest absolute Gasteiger partial charge is 0.270 e. The summed E-state index contributed by atoms with van der Waals surface area (Å²) in [5, 5.41) is 4.01. The second-order valence-electron chi connectivity index (χ2n) is 9.18. The molecule has 0 radical (unpaired) electrons. The first kappa shape index (κ1) is 23.1. The van der Waals surface area contributed by atoms with Crippen LogP contribution in [-0.2, 0) is 9.59 Å². The van der Waals surface area contributed by atoms with Crippen molar-refractivity contribution in [1.82, 2.24) is 20.1 Å². The number of ether oxygens (including phenoxy) is 1. The molecule has 178 valence electrons. The van der Waals surface area contributed by atoms with Gasteiger partial charge in [0.25, 0.3) is 5.91 Å². The first-order valence-electron chi connectivity index (χ1n) is 12.0. The lowest BCUT2D eigenvalue weighted by Crippen LogP contribution is -2.43. The molecule has 2 aliphatic heterocycles. The first-order valence-corrected chi connectivity index (χ1v) is 12.0. The molecule has 0 bridgehead atoms. The molecule has 1 aromatic heterocycles. The average Bonchev–Trinajstić information content (AvgIpc) is 3.46. The quantitative estimate of drug-likeness (QED) is 0.600. The number of nitrogens with one attached hydrogen (secondary N) is 2. The summed E-state index contributed by atoms with van der Waals surface area (Å²) in [5.41, 5.74) is 1.46. The van der Waals surface area contributed by atoms with E-state index < -0.39 is 0 Å². The van der Waals surface area contributed by atoms with Gasteiger partial charge in [-0.05, 0) is 49.8 Å². The molecule has 0 spiro atoms. The van der Waals surface area contributed by atoms with E-state index in [4.69, 9.17) is 4.74 Å². The van der Waals surface area contributed by atoms with Crippen LogP contribution in [0, 0.1) is 11.8 Å². The Kier molecular flexibility index (Phi) is 7.20. The van der Waals surface area contributed by atoms with Crippen LogP contribution in [0.3, 0.4) is 0 Å². The van der Waals surface area contributed by atoms with Crippen molar-refractivity contribution in [3.05, 3.63) is 30.0 Å². The number of hydrogen-bond donors (Lipinski definition) is 2. The normalized spacial score (nSPS) is 18.1. The van der Waals surface area contributed by atoms with Gasteiger partial charge in [-0.25, -0.2) is 0 Å². The molecule has 2 fully saturated rings. The minimum absolute atomic E-state index is 0.00261. The predicted octanol–water partition coefficient (Wildman–Crippen LogP) is 2.79. The molecule has 4 rings (SSSR count). The Morgan fingerprint density at radius 2 is 2.00 bits per heavy atom. The minimum Gasteiger partial charge on any atom is -0.497 e. The molecule has 0 aliphatic carbocycles. The third-order valence-electron chi connectivity index (χ3n) is 7.08. The van der Waals surface area contributed by atoms with E-state index in [1.54, 1.807) is 7.11 Å². The standard InChI is InChI=1S/C25H34N4O4/c1-17(24(31)26-10-4-12-28-11-3-5-23(28)30)18-8-13-29(14-9-18)25(32)22-15-19-6-7-20(33-2)16-21(19)27-22/h6-7,15-18,27H,3-5,8-14H2,1-2H3,(H,26,31)/t17-/m0/s1. The van der Waals surface area contributed by atoms with E-state index in [1.807, 2.05) is 41.0 Å². The molecule has 2 N–H and O–H groups in total. The van der Waals surface area contributed by atoms with Gasteiger partial charge < -0.3 is 24.8 Å². The van der Waals surface area contributed by atoms with Gasteiger partial charge >= 0.3 is 0 Å².